The van der Waals surface area contributed by atoms with Crippen molar-refractivity contribution in [3.8, 4) is 0 Å². The normalized spacial score (nSPS) is 33.1. The molecular weight excluding hydrogens is 121 g/mol. The van der Waals surface area contributed by atoms with Crippen LogP contribution in [0.4, 0.5) is 4.39 Å². The summed E-state index contributed by atoms with van der Waals surface area (Å²) in [4.78, 5) is 11.3. The van der Waals surface area contributed by atoms with Gasteiger partial charge in [0, 0.05) is 13.1 Å². The van der Waals surface area contributed by atoms with Crippen LogP contribution in [0.5, 0.6) is 0 Å². The van der Waals surface area contributed by atoms with Crippen LogP contribution < -0.4 is 0 Å². The third-order valence-electron chi connectivity index (χ3n) is 1.75. The summed E-state index contributed by atoms with van der Waals surface area (Å²) in [7, 11) is 1.63. The molecule has 1 fully saturated rings. The largest absolute Gasteiger partial charge is 0.334 e. The number of hydrogen-bond acceptors (Lipinski definition) is 1. The third kappa shape index (κ3) is 1.20. The van der Waals surface area contributed by atoms with Gasteiger partial charge in [0.15, 0.2) is 0 Å². The molecule has 0 N–H and O–H groups in total. The minimum Gasteiger partial charge on any atom is -0.334 e. The number of amides is 1. The lowest BCUT2D eigenvalue weighted by atomic mass is 9.90. The van der Waals surface area contributed by atoms with Gasteiger partial charge >= 0.3 is 6.41 Å². The lowest BCUT2D eigenvalue weighted by Crippen LogP contribution is -2.42. The highest BCUT2D eigenvalue weighted by Gasteiger charge is 2.31. The first kappa shape index (κ1) is 6.52. The summed E-state index contributed by atoms with van der Waals surface area (Å²) in [5, 5.41) is 0. The molecule has 0 heterocycles. The van der Waals surface area contributed by atoms with Gasteiger partial charge in [-0.25, -0.2) is 4.39 Å². The van der Waals surface area contributed by atoms with Crippen molar-refractivity contribution in [3.05, 3.63) is 0 Å². The van der Waals surface area contributed by atoms with Crippen molar-refractivity contribution in [2.75, 3.05) is 7.05 Å². The van der Waals surface area contributed by atoms with Gasteiger partial charge in [0.1, 0.15) is 6.17 Å². The second-order valence-electron chi connectivity index (χ2n) is 2.42. The van der Waals surface area contributed by atoms with Crippen LogP contribution in [0.2, 0.25) is 0 Å². The molecule has 0 aromatic heterocycles. The summed E-state index contributed by atoms with van der Waals surface area (Å²) in [6.07, 6.45) is 2.00. The van der Waals surface area contributed by atoms with E-state index in [0.29, 0.717) is 12.8 Å². The molecule has 0 aliphatic heterocycles. The standard InChI is InChI=1S/C6H9FNO/c1-8(4-9)6-2-5(7)3-6/h5-6H,2-3H2,1H3. The van der Waals surface area contributed by atoms with E-state index < -0.39 is 6.17 Å². The fourth-order valence-corrected chi connectivity index (χ4v) is 0.912. The van der Waals surface area contributed by atoms with Crippen molar-refractivity contribution in [1.82, 2.24) is 4.90 Å². The molecule has 0 unspecified atom stereocenters. The first-order valence-corrected chi connectivity index (χ1v) is 2.98. The molecule has 1 radical (unpaired) electrons. The van der Waals surface area contributed by atoms with E-state index in [1.54, 1.807) is 13.5 Å². The number of carbonyl (C=O) groups excluding carboxylic acids is 1. The molecule has 1 saturated carbocycles. The van der Waals surface area contributed by atoms with Crippen LogP contribution in [0.1, 0.15) is 12.8 Å². The molecule has 0 aromatic rings. The van der Waals surface area contributed by atoms with Gasteiger partial charge in [-0.3, -0.25) is 4.79 Å². The van der Waals surface area contributed by atoms with Gasteiger partial charge in [0.2, 0.25) is 0 Å². The van der Waals surface area contributed by atoms with Crippen molar-refractivity contribution < 1.29 is 9.18 Å². The van der Waals surface area contributed by atoms with Crippen molar-refractivity contribution in [2.24, 2.45) is 0 Å². The van der Waals surface area contributed by atoms with Gasteiger partial charge in [-0.2, -0.15) is 0 Å². The molecule has 1 rings (SSSR count). The maximum atomic E-state index is 12.1. The fraction of sp³-hybridized carbons (Fsp3) is 0.833. The van der Waals surface area contributed by atoms with Gasteiger partial charge in [0.05, 0.1) is 0 Å². The summed E-state index contributed by atoms with van der Waals surface area (Å²) in [5.41, 5.74) is 0. The van der Waals surface area contributed by atoms with E-state index in [1.807, 2.05) is 0 Å². The maximum absolute atomic E-state index is 12.1. The molecule has 1 aliphatic rings. The molecular formula is C6H9FNO. The van der Waals surface area contributed by atoms with Gasteiger partial charge in [-0.15, -0.1) is 0 Å². The minimum atomic E-state index is -0.689. The zero-order chi connectivity index (χ0) is 6.85. The second kappa shape index (κ2) is 2.33. The molecule has 1 amide bonds. The third-order valence-corrected chi connectivity index (χ3v) is 1.75. The van der Waals surface area contributed by atoms with Crippen molar-refractivity contribution >= 4 is 6.41 Å². The molecule has 3 heteroatoms. The van der Waals surface area contributed by atoms with E-state index in [-0.39, 0.29) is 6.04 Å². The number of alkyl halides is 1. The Morgan fingerprint density at radius 2 is 2.22 bits per heavy atom. The van der Waals surface area contributed by atoms with E-state index in [9.17, 15) is 9.18 Å². The summed E-state index contributed by atoms with van der Waals surface area (Å²) < 4.78 is 12.1. The van der Waals surface area contributed by atoms with Crippen molar-refractivity contribution in [1.29, 1.82) is 0 Å². The minimum absolute atomic E-state index is 0.109. The van der Waals surface area contributed by atoms with Crippen molar-refractivity contribution in [2.45, 2.75) is 25.1 Å². The van der Waals surface area contributed by atoms with Crippen LogP contribution >= 0.6 is 0 Å². The molecule has 0 saturated heterocycles. The predicted molar refractivity (Wildman–Crippen MR) is 31.4 cm³/mol. The Kier molecular flexibility index (Phi) is 1.69. The highest BCUT2D eigenvalue weighted by atomic mass is 19.1. The average molecular weight is 130 g/mol. The number of rotatable bonds is 2. The Bertz CT molecular complexity index is 112. The lowest BCUT2D eigenvalue weighted by Gasteiger charge is -2.34. The molecule has 2 nitrogen and oxygen atoms in total. The van der Waals surface area contributed by atoms with Crippen LogP contribution in [0, 0.1) is 0 Å². The quantitative estimate of drug-likeness (QED) is 0.498. The molecule has 0 aromatic carbocycles. The summed E-state index contributed by atoms with van der Waals surface area (Å²) in [5.74, 6) is 0. The van der Waals surface area contributed by atoms with Crippen LogP contribution in [-0.4, -0.2) is 30.6 Å². The van der Waals surface area contributed by atoms with E-state index in [1.165, 1.54) is 4.90 Å². The van der Waals surface area contributed by atoms with Crippen LogP contribution in [-0.2, 0) is 4.79 Å². The first-order valence-electron chi connectivity index (χ1n) is 2.98. The van der Waals surface area contributed by atoms with Gasteiger partial charge < -0.3 is 4.90 Å². The molecule has 0 bridgehead atoms. The Morgan fingerprint density at radius 3 is 2.56 bits per heavy atom. The monoisotopic (exact) mass is 130 g/mol. The van der Waals surface area contributed by atoms with Crippen LogP contribution in [0.25, 0.3) is 0 Å². The maximum Gasteiger partial charge on any atom is 0.312 e. The van der Waals surface area contributed by atoms with Crippen LogP contribution in [0.15, 0.2) is 0 Å². The van der Waals surface area contributed by atoms with Crippen molar-refractivity contribution in [3.63, 3.8) is 0 Å². The Morgan fingerprint density at radius 1 is 1.67 bits per heavy atom. The molecule has 0 atom stereocenters. The van der Waals surface area contributed by atoms with E-state index >= 15 is 0 Å². The molecule has 9 heavy (non-hydrogen) atoms. The lowest BCUT2D eigenvalue weighted by molar-refractivity contribution is 0.109. The van der Waals surface area contributed by atoms with Crippen LogP contribution in [0.3, 0.4) is 0 Å². The molecule has 0 spiro atoms. The molecule has 1 aliphatic carbocycles. The van der Waals surface area contributed by atoms with Gasteiger partial charge in [0.25, 0.3) is 0 Å². The topological polar surface area (TPSA) is 20.3 Å². The average Bonchev–Trinajstić information content (AvgIpc) is 1.79. The SMILES string of the molecule is CN([C]=O)C1CC(F)C1. The summed E-state index contributed by atoms with van der Waals surface area (Å²) in [6, 6.07) is 0.109. The first-order chi connectivity index (χ1) is 4.24. The fourth-order valence-electron chi connectivity index (χ4n) is 0.912. The Hall–Kier alpha value is -0.600. The van der Waals surface area contributed by atoms with E-state index in [2.05, 4.69) is 0 Å². The predicted octanol–water partition coefficient (Wildman–Crippen LogP) is 0.486. The van der Waals surface area contributed by atoms with Gasteiger partial charge in [-0.05, 0) is 12.8 Å². The highest BCUT2D eigenvalue weighted by Crippen LogP contribution is 2.26. The zero-order valence-electron chi connectivity index (χ0n) is 5.30. The second-order valence-corrected chi connectivity index (χ2v) is 2.42. The number of halogens is 1. The van der Waals surface area contributed by atoms with E-state index in [4.69, 9.17) is 0 Å². The Labute approximate surface area is 53.6 Å². The Balaban J connectivity index is 2.23. The number of hydrogen-bond donors (Lipinski definition) is 0. The molecule has 51 valence electrons. The van der Waals surface area contributed by atoms with E-state index in [0.717, 1.165) is 0 Å². The zero-order valence-corrected chi connectivity index (χ0v) is 5.30. The van der Waals surface area contributed by atoms with Gasteiger partial charge in [-0.1, -0.05) is 0 Å². The number of nitrogens with zero attached hydrogens (tertiary/aromatic N) is 1. The summed E-state index contributed by atoms with van der Waals surface area (Å²) in [6.45, 7) is 0. The summed E-state index contributed by atoms with van der Waals surface area (Å²) >= 11 is 0. The smallest absolute Gasteiger partial charge is 0.312 e. The highest BCUT2D eigenvalue weighted by molar-refractivity contribution is 5.48.